The molecule has 1 fully saturated rings. The second kappa shape index (κ2) is 8.19. The van der Waals surface area contributed by atoms with E-state index in [2.05, 4.69) is 33.1 Å². The van der Waals surface area contributed by atoms with E-state index < -0.39 is 0 Å². The van der Waals surface area contributed by atoms with E-state index in [1.54, 1.807) is 0 Å². The normalized spacial score (nSPS) is 20.5. The molecule has 0 aromatic rings. The minimum Gasteiger partial charge on any atom is -0.316 e. The Balaban J connectivity index is 2.51. The van der Waals surface area contributed by atoms with E-state index in [0.717, 1.165) is 12.0 Å². The molecule has 1 rings (SSSR count). The van der Waals surface area contributed by atoms with E-state index in [9.17, 15) is 0 Å². The summed E-state index contributed by atoms with van der Waals surface area (Å²) < 4.78 is 0. The van der Waals surface area contributed by atoms with Crippen molar-refractivity contribution in [2.24, 2.45) is 11.3 Å². The number of hydrogen-bond donors (Lipinski definition) is 1. The summed E-state index contributed by atoms with van der Waals surface area (Å²) in [5, 5.41) is 3.67. The van der Waals surface area contributed by atoms with Crippen molar-refractivity contribution in [3.05, 3.63) is 0 Å². The molecule has 1 saturated carbocycles. The van der Waals surface area contributed by atoms with Crippen LogP contribution in [-0.4, -0.2) is 13.1 Å². The fraction of sp³-hybridized carbons (Fsp3) is 1.00. The molecular weight excluding hydrogens is 218 g/mol. The molecule has 0 aliphatic heterocycles. The van der Waals surface area contributed by atoms with E-state index >= 15 is 0 Å². The van der Waals surface area contributed by atoms with Crippen LogP contribution >= 0.6 is 0 Å². The lowest BCUT2D eigenvalue weighted by Crippen LogP contribution is -2.43. The van der Waals surface area contributed by atoms with Gasteiger partial charge in [-0.15, -0.1) is 0 Å². The van der Waals surface area contributed by atoms with Gasteiger partial charge in [0.05, 0.1) is 0 Å². The molecule has 108 valence electrons. The molecule has 18 heavy (non-hydrogen) atoms. The second-order valence-corrected chi connectivity index (χ2v) is 6.86. The molecule has 1 heteroatoms. The summed E-state index contributed by atoms with van der Waals surface area (Å²) in [6.45, 7) is 7.08. The van der Waals surface area contributed by atoms with Crippen molar-refractivity contribution >= 4 is 0 Å². The first kappa shape index (κ1) is 16.0. The number of nitrogens with one attached hydrogen (secondary N) is 1. The van der Waals surface area contributed by atoms with Gasteiger partial charge in [-0.05, 0) is 44.1 Å². The van der Waals surface area contributed by atoms with E-state index in [1.165, 1.54) is 64.2 Å². The molecule has 0 heterocycles. The molecule has 1 atom stereocenters. The summed E-state index contributed by atoms with van der Waals surface area (Å²) in [4.78, 5) is 0. The van der Waals surface area contributed by atoms with Gasteiger partial charge in [-0.3, -0.25) is 0 Å². The summed E-state index contributed by atoms with van der Waals surface area (Å²) >= 11 is 0. The van der Waals surface area contributed by atoms with E-state index in [4.69, 9.17) is 0 Å². The fourth-order valence-electron chi connectivity index (χ4n) is 4.12. The summed E-state index contributed by atoms with van der Waals surface area (Å²) in [5.41, 5.74) is 0.620. The van der Waals surface area contributed by atoms with Gasteiger partial charge in [-0.1, -0.05) is 59.3 Å². The van der Waals surface area contributed by atoms with Crippen molar-refractivity contribution in [3.8, 4) is 0 Å². The summed E-state index contributed by atoms with van der Waals surface area (Å²) in [7, 11) is 2.19. The third-order valence-corrected chi connectivity index (χ3v) is 4.85. The first-order valence-electron chi connectivity index (χ1n) is 8.32. The molecule has 0 radical (unpaired) electrons. The maximum atomic E-state index is 3.67. The van der Waals surface area contributed by atoms with Gasteiger partial charge in [-0.25, -0.2) is 0 Å². The van der Waals surface area contributed by atoms with Gasteiger partial charge in [0.1, 0.15) is 0 Å². The van der Waals surface area contributed by atoms with Gasteiger partial charge in [0.2, 0.25) is 0 Å². The molecule has 0 saturated heterocycles. The van der Waals surface area contributed by atoms with Gasteiger partial charge < -0.3 is 5.32 Å². The van der Waals surface area contributed by atoms with Crippen LogP contribution in [-0.2, 0) is 0 Å². The van der Waals surface area contributed by atoms with Crippen molar-refractivity contribution in [2.75, 3.05) is 7.05 Å². The second-order valence-electron chi connectivity index (χ2n) is 6.86. The zero-order valence-corrected chi connectivity index (χ0v) is 13.2. The Morgan fingerprint density at radius 3 is 2.22 bits per heavy atom. The van der Waals surface area contributed by atoms with Crippen LogP contribution in [0, 0.1) is 11.3 Å². The van der Waals surface area contributed by atoms with Gasteiger partial charge in [0.15, 0.2) is 0 Å². The minimum atomic E-state index is 0.620. The van der Waals surface area contributed by atoms with Crippen LogP contribution in [0.2, 0.25) is 0 Å². The maximum Gasteiger partial charge on any atom is 0.0121 e. The average molecular weight is 253 g/mol. The SMILES string of the molecule is CCCCCCC(NC)C1(CC(C)C)CCCC1. The largest absolute Gasteiger partial charge is 0.316 e. The highest BCUT2D eigenvalue weighted by Crippen LogP contribution is 2.47. The van der Waals surface area contributed by atoms with Crippen LogP contribution in [0.5, 0.6) is 0 Å². The van der Waals surface area contributed by atoms with Crippen molar-refractivity contribution in [3.63, 3.8) is 0 Å². The average Bonchev–Trinajstić information content (AvgIpc) is 2.77. The zero-order valence-electron chi connectivity index (χ0n) is 13.2. The summed E-state index contributed by atoms with van der Waals surface area (Å²) in [6, 6.07) is 0.763. The molecule has 1 aliphatic rings. The monoisotopic (exact) mass is 253 g/mol. The van der Waals surface area contributed by atoms with Crippen LogP contribution in [0.15, 0.2) is 0 Å². The highest BCUT2D eigenvalue weighted by molar-refractivity contribution is 4.94. The molecule has 1 N–H and O–H groups in total. The van der Waals surface area contributed by atoms with Crippen molar-refractivity contribution in [1.82, 2.24) is 5.32 Å². The van der Waals surface area contributed by atoms with Crippen molar-refractivity contribution < 1.29 is 0 Å². The van der Waals surface area contributed by atoms with Gasteiger partial charge >= 0.3 is 0 Å². The topological polar surface area (TPSA) is 12.0 Å². The highest BCUT2D eigenvalue weighted by Gasteiger charge is 2.40. The Morgan fingerprint density at radius 2 is 1.72 bits per heavy atom. The Kier molecular flexibility index (Phi) is 7.29. The zero-order chi connectivity index (χ0) is 13.4. The Hall–Kier alpha value is -0.0400. The first-order chi connectivity index (χ1) is 8.64. The molecule has 0 aromatic carbocycles. The predicted molar refractivity (Wildman–Crippen MR) is 82.0 cm³/mol. The molecule has 0 spiro atoms. The third-order valence-electron chi connectivity index (χ3n) is 4.85. The lowest BCUT2D eigenvalue weighted by molar-refractivity contribution is 0.151. The molecule has 1 nitrogen and oxygen atoms in total. The van der Waals surface area contributed by atoms with Gasteiger partial charge in [0.25, 0.3) is 0 Å². The van der Waals surface area contributed by atoms with E-state index in [1.807, 2.05) is 0 Å². The molecule has 1 unspecified atom stereocenters. The van der Waals surface area contributed by atoms with Crippen molar-refractivity contribution in [2.45, 2.75) is 91.0 Å². The van der Waals surface area contributed by atoms with E-state index in [0.29, 0.717) is 5.41 Å². The van der Waals surface area contributed by atoms with Crippen LogP contribution in [0.4, 0.5) is 0 Å². The van der Waals surface area contributed by atoms with Crippen molar-refractivity contribution in [1.29, 1.82) is 0 Å². The Labute approximate surface area is 115 Å². The molecule has 0 bridgehead atoms. The van der Waals surface area contributed by atoms with Crippen LogP contribution < -0.4 is 5.32 Å². The third kappa shape index (κ3) is 4.57. The lowest BCUT2D eigenvalue weighted by Gasteiger charge is -2.39. The molecular formula is C17H35N. The van der Waals surface area contributed by atoms with Crippen LogP contribution in [0.3, 0.4) is 0 Å². The fourth-order valence-corrected chi connectivity index (χ4v) is 4.12. The summed E-state index contributed by atoms with van der Waals surface area (Å²) in [5.74, 6) is 0.842. The molecule has 0 aromatic heterocycles. The van der Waals surface area contributed by atoms with E-state index in [-0.39, 0.29) is 0 Å². The quantitative estimate of drug-likeness (QED) is 0.560. The van der Waals surface area contributed by atoms with Gasteiger partial charge in [0, 0.05) is 6.04 Å². The van der Waals surface area contributed by atoms with Gasteiger partial charge in [-0.2, -0.15) is 0 Å². The standard InChI is InChI=1S/C17H35N/c1-5-6-7-8-11-16(18-4)17(14-15(2)3)12-9-10-13-17/h15-16,18H,5-14H2,1-4H3. The smallest absolute Gasteiger partial charge is 0.0121 e. The number of unbranched alkanes of at least 4 members (excludes halogenated alkanes) is 3. The minimum absolute atomic E-state index is 0.620. The van der Waals surface area contributed by atoms with Crippen LogP contribution in [0.25, 0.3) is 0 Å². The number of hydrogen-bond acceptors (Lipinski definition) is 1. The Bertz CT molecular complexity index is 204. The maximum absolute atomic E-state index is 3.67. The molecule has 0 amide bonds. The first-order valence-corrected chi connectivity index (χ1v) is 8.32. The molecule has 1 aliphatic carbocycles. The number of rotatable bonds is 9. The Morgan fingerprint density at radius 1 is 1.06 bits per heavy atom. The predicted octanol–water partition coefficient (Wildman–Crippen LogP) is 5.15. The van der Waals surface area contributed by atoms with Crippen LogP contribution in [0.1, 0.15) is 85.0 Å². The lowest BCUT2D eigenvalue weighted by atomic mass is 9.71. The summed E-state index contributed by atoms with van der Waals surface area (Å²) in [6.07, 6.45) is 14.3. The highest BCUT2D eigenvalue weighted by atomic mass is 14.9.